The molecule has 0 heterocycles. The third-order valence-electron chi connectivity index (χ3n) is 3.76. The van der Waals surface area contributed by atoms with E-state index in [1.54, 1.807) is 20.8 Å². The van der Waals surface area contributed by atoms with Crippen LogP contribution in [0.2, 0.25) is 0 Å². The lowest BCUT2D eigenvalue weighted by atomic mass is 9.88. The van der Waals surface area contributed by atoms with E-state index >= 15 is 0 Å². The highest BCUT2D eigenvalue weighted by Gasteiger charge is 2.24. The molecule has 0 fully saturated rings. The molecule has 8 N–H and O–H groups in total. The molecule has 0 spiro atoms. The number of hydrogen-bond donors (Lipinski definition) is 8. The van der Waals surface area contributed by atoms with Gasteiger partial charge in [-0.15, -0.1) is 0 Å². The summed E-state index contributed by atoms with van der Waals surface area (Å²) in [5.74, 6) is 0. The topological polar surface area (TPSA) is 162 Å². The molecule has 0 aromatic rings. The van der Waals surface area contributed by atoms with Crippen molar-refractivity contribution in [2.75, 3.05) is 52.9 Å². The van der Waals surface area contributed by atoms with Gasteiger partial charge in [-0.1, -0.05) is 27.7 Å². The Morgan fingerprint density at radius 2 is 0.792 bits per heavy atom. The van der Waals surface area contributed by atoms with Crippen molar-refractivity contribution in [2.24, 2.45) is 16.2 Å². The zero-order valence-corrected chi connectivity index (χ0v) is 15.4. The van der Waals surface area contributed by atoms with Crippen LogP contribution in [0.3, 0.4) is 0 Å². The van der Waals surface area contributed by atoms with Crippen LogP contribution in [0.25, 0.3) is 0 Å². The Hall–Kier alpha value is -0.320. The van der Waals surface area contributed by atoms with E-state index in [0.717, 1.165) is 0 Å². The second kappa shape index (κ2) is 15.0. The molecule has 0 saturated heterocycles. The standard InChI is InChI=1S/C6H14O3.C5H12O3.C5H12O2/c1-2-6(3-7,4-8)5-9;1-5(2-6,3-7)4-8;1-5(2,3-6)4-7/h7-9H,2-5H2,1H3;6-8H,2-4H2,1H3;6-7H,3-4H2,1-2H3. The first kappa shape index (κ1) is 28.5. The van der Waals surface area contributed by atoms with Crippen LogP contribution >= 0.6 is 0 Å². The molecule has 0 amide bonds. The van der Waals surface area contributed by atoms with Crippen molar-refractivity contribution in [3.05, 3.63) is 0 Å². The molecule has 150 valence electrons. The Kier molecular flexibility index (Phi) is 17.8. The van der Waals surface area contributed by atoms with E-state index in [0.29, 0.717) is 6.42 Å². The fourth-order valence-electron chi connectivity index (χ4n) is 0.685. The fraction of sp³-hybridized carbons (Fsp3) is 1.00. The highest BCUT2D eigenvalue weighted by molar-refractivity contribution is 4.74. The third-order valence-corrected chi connectivity index (χ3v) is 3.76. The van der Waals surface area contributed by atoms with E-state index in [9.17, 15) is 0 Å². The largest absolute Gasteiger partial charge is 0.396 e. The smallest absolute Gasteiger partial charge is 0.0531 e. The van der Waals surface area contributed by atoms with Crippen molar-refractivity contribution in [1.82, 2.24) is 0 Å². The van der Waals surface area contributed by atoms with Gasteiger partial charge in [-0.05, 0) is 6.42 Å². The molecule has 0 radical (unpaired) electrons. The van der Waals surface area contributed by atoms with Crippen LogP contribution in [0.4, 0.5) is 0 Å². The van der Waals surface area contributed by atoms with Gasteiger partial charge in [0, 0.05) is 16.2 Å². The van der Waals surface area contributed by atoms with Gasteiger partial charge in [-0.2, -0.15) is 0 Å². The first-order valence-corrected chi connectivity index (χ1v) is 7.92. The van der Waals surface area contributed by atoms with Crippen LogP contribution in [0.1, 0.15) is 34.1 Å². The Balaban J connectivity index is -0.000000278. The van der Waals surface area contributed by atoms with Gasteiger partial charge in [0.05, 0.1) is 52.9 Å². The SMILES string of the molecule is CC(C)(CO)CO.CC(CO)(CO)CO.CCC(CO)(CO)CO. The minimum absolute atomic E-state index is 0.0451. The van der Waals surface area contributed by atoms with Gasteiger partial charge in [0.2, 0.25) is 0 Å². The van der Waals surface area contributed by atoms with Gasteiger partial charge in [-0.3, -0.25) is 0 Å². The van der Waals surface area contributed by atoms with E-state index in [-0.39, 0.29) is 58.3 Å². The summed E-state index contributed by atoms with van der Waals surface area (Å²) in [6, 6.07) is 0. The number of aliphatic hydroxyl groups is 8. The second-order valence-electron chi connectivity index (χ2n) is 7.09. The lowest BCUT2D eigenvalue weighted by Crippen LogP contribution is -2.32. The molecule has 0 aliphatic carbocycles. The van der Waals surface area contributed by atoms with Crippen molar-refractivity contribution in [1.29, 1.82) is 0 Å². The molecule has 8 nitrogen and oxygen atoms in total. The summed E-state index contributed by atoms with van der Waals surface area (Å²) in [5.41, 5.74) is -1.68. The fourth-order valence-corrected chi connectivity index (χ4v) is 0.685. The summed E-state index contributed by atoms with van der Waals surface area (Å²) in [6.07, 6.45) is 0.594. The van der Waals surface area contributed by atoms with Crippen LogP contribution in [-0.2, 0) is 0 Å². The van der Waals surface area contributed by atoms with Gasteiger partial charge in [0.15, 0.2) is 0 Å². The maximum Gasteiger partial charge on any atom is 0.0531 e. The monoisotopic (exact) mass is 358 g/mol. The molecule has 0 rings (SSSR count). The van der Waals surface area contributed by atoms with Gasteiger partial charge in [0.1, 0.15) is 0 Å². The number of aliphatic hydroxyl groups excluding tert-OH is 8. The lowest BCUT2D eigenvalue weighted by molar-refractivity contribution is 0.00304. The van der Waals surface area contributed by atoms with Crippen molar-refractivity contribution in [2.45, 2.75) is 34.1 Å². The summed E-state index contributed by atoms with van der Waals surface area (Å²) in [7, 11) is 0. The van der Waals surface area contributed by atoms with E-state index < -0.39 is 10.8 Å². The molecule has 0 bridgehead atoms. The highest BCUT2D eigenvalue weighted by atomic mass is 16.3. The second-order valence-corrected chi connectivity index (χ2v) is 7.09. The third kappa shape index (κ3) is 13.0. The van der Waals surface area contributed by atoms with E-state index in [1.807, 2.05) is 6.92 Å². The van der Waals surface area contributed by atoms with Gasteiger partial charge in [0.25, 0.3) is 0 Å². The zero-order valence-electron chi connectivity index (χ0n) is 15.4. The van der Waals surface area contributed by atoms with Gasteiger partial charge < -0.3 is 40.9 Å². The molecule has 0 aromatic carbocycles. The molecule has 0 saturated carbocycles. The van der Waals surface area contributed by atoms with Crippen molar-refractivity contribution < 1.29 is 40.9 Å². The van der Waals surface area contributed by atoms with Crippen LogP contribution in [-0.4, -0.2) is 93.7 Å². The minimum Gasteiger partial charge on any atom is -0.396 e. The summed E-state index contributed by atoms with van der Waals surface area (Å²) in [6.45, 7) is 6.10. The van der Waals surface area contributed by atoms with Crippen LogP contribution in [0, 0.1) is 16.2 Å². The maximum absolute atomic E-state index is 8.66. The molecule has 0 atom stereocenters. The Morgan fingerprint density at radius 3 is 0.792 bits per heavy atom. The highest BCUT2D eigenvalue weighted by Crippen LogP contribution is 2.18. The molecule has 0 aliphatic heterocycles. The number of rotatable bonds is 9. The summed E-state index contributed by atoms with van der Waals surface area (Å²) in [4.78, 5) is 0. The lowest BCUT2D eigenvalue weighted by Gasteiger charge is -2.24. The van der Waals surface area contributed by atoms with E-state index in [1.165, 1.54) is 0 Å². The van der Waals surface area contributed by atoms with E-state index in [2.05, 4.69) is 0 Å². The minimum atomic E-state index is -0.708. The van der Waals surface area contributed by atoms with Gasteiger partial charge in [-0.25, -0.2) is 0 Å². The first-order valence-electron chi connectivity index (χ1n) is 7.92. The van der Waals surface area contributed by atoms with Crippen LogP contribution in [0.5, 0.6) is 0 Å². The van der Waals surface area contributed by atoms with Crippen LogP contribution < -0.4 is 0 Å². The molecular formula is C16H38O8. The molecule has 8 heteroatoms. The Morgan fingerprint density at radius 1 is 0.500 bits per heavy atom. The van der Waals surface area contributed by atoms with Crippen molar-refractivity contribution in [3.8, 4) is 0 Å². The zero-order chi connectivity index (χ0) is 19.9. The molecule has 0 unspecified atom stereocenters. The summed E-state index contributed by atoms with van der Waals surface area (Å²) in [5, 5.41) is 68.2. The van der Waals surface area contributed by atoms with Crippen molar-refractivity contribution >= 4 is 0 Å². The molecular weight excluding hydrogens is 320 g/mol. The van der Waals surface area contributed by atoms with Crippen molar-refractivity contribution in [3.63, 3.8) is 0 Å². The average molecular weight is 358 g/mol. The number of hydrogen-bond acceptors (Lipinski definition) is 8. The predicted octanol–water partition coefficient (Wildman–Crippen LogP) is -1.67. The summed E-state index contributed by atoms with van der Waals surface area (Å²) < 4.78 is 0. The molecule has 0 aliphatic rings. The maximum atomic E-state index is 8.66. The molecule has 0 aromatic heterocycles. The predicted molar refractivity (Wildman–Crippen MR) is 91.3 cm³/mol. The quantitative estimate of drug-likeness (QED) is 0.242. The van der Waals surface area contributed by atoms with Gasteiger partial charge >= 0.3 is 0 Å². The average Bonchev–Trinajstić information content (AvgIpc) is 2.64. The first-order chi connectivity index (χ1) is 11.0. The Bertz CT molecular complexity index is 231. The molecule has 24 heavy (non-hydrogen) atoms. The Labute approximate surface area is 145 Å². The van der Waals surface area contributed by atoms with Crippen LogP contribution in [0.15, 0.2) is 0 Å². The summed E-state index contributed by atoms with van der Waals surface area (Å²) >= 11 is 0. The van der Waals surface area contributed by atoms with E-state index in [4.69, 9.17) is 40.9 Å². The normalized spacial score (nSPS) is 12.0.